The largest absolute Gasteiger partial charge is 0.504 e. The fourth-order valence-electron chi connectivity index (χ4n) is 2.73. The Labute approximate surface area is 168 Å². The van der Waals surface area contributed by atoms with Crippen LogP contribution in [-0.2, 0) is 11.2 Å². The zero-order valence-corrected chi connectivity index (χ0v) is 15.9. The Bertz CT molecular complexity index is 1070. The Hall–Kier alpha value is -4.05. The number of carbonyl (C=O) groups excluding carboxylic acids is 1. The van der Waals surface area contributed by atoms with Gasteiger partial charge in [0, 0.05) is 12.7 Å². The molecule has 0 spiro atoms. The lowest BCUT2D eigenvalue weighted by molar-refractivity contribution is -0.117. The number of amides is 1. The second-order valence-electron chi connectivity index (χ2n) is 6.24. The molecule has 2 aromatic carbocycles. The molecular formula is C22H20N4O3. The summed E-state index contributed by atoms with van der Waals surface area (Å²) in [4.78, 5) is 12.3. The van der Waals surface area contributed by atoms with Gasteiger partial charge >= 0.3 is 0 Å². The lowest BCUT2D eigenvalue weighted by Crippen LogP contribution is -2.26. The number of phenolic OH excluding ortho intramolecular Hbond substituents is 1. The van der Waals surface area contributed by atoms with Crippen molar-refractivity contribution in [3.63, 3.8) is 0 Å². The van der Waals surface area contributed by atoms with Crippen LogP contribution in [0.2, 0.25) is 0 Å². The van der Waals surface area contributed by atoms with Crippen LogP contribution in [0.25, 0.3) is 11.8 Å². The molecule has 2 N–H and O–H groups in total. The molecule has 7 heteroatoms. The monoisotopic (exact) mass is 388 g/mol. The topological polar surface area (TPSA) is 100 Å². The van der Waals surface area contributed by atoms with Crippen molar-refractivity contribution in [1.29, 1.82) is 5.26 Å². The smallest absolute Gasteiger partial charge is 0.261 e. The first-order valence-corrected chi connectivity index (χ1v) is 8.96. The lowest BCUT2D eigenvalue weighted by Gasteiger charge is -2.05. The molecule has 0 bridgehead atoms. The van der Waals surface area contributed by atoms with E-state index in [1.165, 1.54) is 19.3 Å². The quantitative estimate of drug-likeness (QED) is 0.479. The van der Waals surface area contributed by atoms with E-state index in [2.05, 4.69) is 10.4 Å². The minimum atomic E-state index is -0.463. The van der Waals surface area contributed by atoms with E-state index in [0.29, 0.717) is 18.5 Å². The number of aromatic nitrogens is 2. The maximum Gasteiger partial charge on any atom is 0.261 e. The van der Waals surface area contributed by atoms with E-state index >= 15 is 0 Å². The second-order valence-corrected chi connectivity index (χ2v) is 6.24. The summed E-state index contributed by atoms with van der Waals surface area (Å²) in [6.07, 6.45) is 5.70. The zero-order valence-electron chi connectivity index (χ0n) is 15.9. The van der Waals surface area contributed by atoms with E-state index in [1.54, 1.807) is 23.0 Å². The van der Waals surface area contributed by atoms with Crippen LogP contribution in [0.3, 0.4) is 0 Å². The molecule has 3 rings (SSSR count). The van der Waals surface area contributed by atoms with Gasteiger partial charge in [-0.15, -0.1) is 0 Å². The molecule has 0 fully saturated rings. The van der Waals surface area contributed by atoms with Gasteiger partial charge in [-0.2, -0.15) is 10.4 Å². The zero-order chi connectivity index (χ0) is 20.6. The molecule has 0 aliphatic rings. The number of benzene rings is 2. The number of aromatic hydroxyl groups is 1. The number of nitrogens with zero attached hydrogens (tertiary/aromatic N) is 3. The molecule has 1 aromatic heterocycles. The van der Waals surface area contributed by atoms with E-state index in [4.69, 9.17) is 4.74 Å². The molecule has 0 aliphatic heterocycles. The highest BCUT2D eigenvalue weighted by Crippen LogP contribution is 2.27. The highest BCUT2D eigenvalue weighted by molar-refractivity contribution is 6.01. The molecule has 0 saturated carbocycles. The molecule has 1 amide bonds. The number of ether oxygens (including phenoxy) is 1. The number of nitrogens with one attached hydrogen (secondary N) is 1. The van der Waals surface area contributed by atoms with Gasteiger partial charge in [0.15, 0.2) is 11.5 Å². The van der Waals surface area contributed by atoms with Gasteiger partial charge in [0.2, 0.25) is 0 Å². The number of phenols is 1. The predicted molar refractivity (Wildman–Crippen MR) is 109 cm³/mol. The highest BCUT2D eigenvalue weighted by atomic mass is 16.5. The Balaban J connectivity index is 1.60. The SMILES string of the molecule is COc1cc(/C=C(\C#N)C(=O)NCCc2cnn(-c3ccccc3)c2)ccc1O. The Morgan fingerprint density at radius 2 is 2.10 bits per heavy atom. The summed E-state index contributed by atoms with van der Waals surface area (Å²) in [5, 5.41) is 26.0. The molecule has 7 nitrogen and oxygen atoms in total. The average molecular weight is 388 g/mol. The number of hydrogen-bond donors (Lipinski definition) is 2. The summed E-state index contributed by atoms with van der Waals surface area (Å²) < 4.78 is 6.81. The fraction of sp³-hybridized carbons (Fsp3) is 0.136. The predicted octanol–water partition coefficient (Wildman–Crippen LogP) is 2.85. The van der Waals surface area contributed by atoms with E-state index in [-0.39, 0.29) is 17.1 Å². The van der Waals surface area contributed by atoms with Crippen molar-refractivity contribution < 1.29 is 14.6 Å². The molecule has 3 aromatic rings. The molecule has 0 atom stereocenters. The van der Waals surface area contributed by atoms with Crippen LogP contribution in [-0.4, -0.2) is 34.4 Å². The molecule has 0 saturated heterocycles. The van der Waals surface area contributed by atoms with Crippen LogP contribution in [0, 0.1) is 11.3 Å². The third-order valence-electron chi connectivity index (χ3n) is 4.24. The fourth-order valence-corrected chi connectivity index (χ4v) is 2.73. The Morgan fingerprint density at radius 3 is 2.83 bits per heavy atom. The minimum Gasteiger partial charge on any atom is -0.504 e. The molecular weight excluding hydrogens is 368 g/mol. The number of para-hydroxylation sites is 1. The van der Waals surface area contributed by atoms with Gasteiger partial charge in [-0.3, -0.25) is 4.79 Å². The summed E-state index contributed by atoms with van der Waals surface area (Å²) >= 11 is 0. The lowest BCUT2D eigenvalue weighted by atomic mass is 10.1. The maximum absolute atomic E-state index is 12.3. The molecule has 1 heterocycles. The van der Waals surface area contributed by atoms with Gasteiger partial charge < -0.3 is 15.2 Å². The van der Waals surface area contributed by atoms with Crippen molar-refractivity contribution in [3.05, 3.63) is 77.6 Å². The van der Waals surface area contributed by atoms with Crippen LogP contribution in [0.1, 0.15) is 11.1 Å². The number of methoxy groups -OCH3 is 1. The van der Waals surface area contributed by atoms with Gasteiger partial charge in [0.25, 0.3) is 5.91 Å². The number of hydrogen-bond acceptors (Lipinski definition) is 5. The number of rotatable bonds is 7. The van der Waals surface area contributed by atoms with E-state index in [1.807, 2.05) is 42.6 Å². The van der Waals surface area contributed by atoms with Gasteiger partial charge in [-0.25, -0.2) is 4.68 Å². The summed E-state index contributed by atoms with van der Waals surface area (Å²) in [7, 11) is 1.43. The third kappa shape index (κ3) is 5.02. The third-order valence-corrected chi connectivity index (χ3v) is 4.24. The Morgan fingerprint density at radius 1 is 1.31 bits per heavy atom. The van der Waals surface area contributed by atoms with Crippen LogP contribution in [0.5, 0.6) is 11.5 Å². The summed E-state index contributed by atoms with van der Waals surface area (Å²) in [6, 6.07) is 16.2. The Kier molecular flexibility index (Phi) is 6.28. The van der Waals surface area contributed by atoms with Gasteiger partial charge in [-0.05, 0) is 47.9 Å². The molecule has 146 valence electrons. The standard InChI is InChI=1S/C22H20N4O3/c1-29-21-12-16(7-8-20(21)27)11-18(13-23)22(28)24-10-9-17-14-25-26(15-17)19-5-3-2-4-6-19/h2-8,11-12,14-15,27H,9-10H2,1H3,(H,24,28)/b18-11+. The maximum atomic E-state index is 12.3. The van der Waals surface area contributed by atoms with Crippen molar-refractivity contribution in [2.24, 2.45) is 0 Å². The van der Waals surface area contributed by atoms with Crippen LogP contribution in [0.15, 0.2) is 66.5 Å². The first-order valence-electron chi connectivity index (χ1n) is 8.96. The van der Waals surface area contributed by atoms with Crippen LogP contribution >= 0.6 is 0 Å². The minimum absolute atomic E-state index is 0.0105. The van der Waals surface area contributed by atoms with Gasteiger partial charge in [0.05, 0.1) is 19.0 Å². The summed E-state index contributed by atoms with van der Waals surface area (Å²) in [5.74, 6) is -0.203. The van der Waals surface area contributed by atoms with Crippen molar-refractivity contribution >= 4 is 12.0 Å². The van der Waals surface area contributed by atoms with Crippen molar-refractivity contribution in [2.75, 3.05) is 13.7 Å². The van der Waals surface area contributed by atoms with E-state index in [9.17, 15) is 15.2 Å². The van der Waals surface area contributed by atoms with Crippen LogP contribution in [0.4, 0.5) is 0 Å². The van der Waals surface area contributed by atoms with E-state index < -0.39 is 5.91 Å². The second kappa shape index (κ2) is 9.24. The van der Waals surface area contributed by atoms with Gasteiger partial charge in [0.1, 0.15) is 11.6 Å². The molecule has 29 heavy (non-hydrogen) atoms. The summed E-state index contributed by atoms with van der Waals surface area (Å²) in [5.41, 5.74) is 2.48. The highest BCUT2D eigenvalue weighted by Gasteiger charge is 2.10. The van der Waals surface area contributed by atoms with E-state index in [0.717, 1.165) is 11.3 Å². The van der Waals surface area contributed by atoms with Gasteiger partial charge in [-0.1, -0.05) is 24.3 Å². The van der Waals surface area contributed by atoms with Crippen molar-refractivity contribution in [3.8, 4) is 23.3 Å². The molecule has 0 radical (unpaired) electrons. The average Bonchev–Trinajstić information content (AvgIpc) is 3.22. The first kappa shape index (κ1) is 19.7. The number of nitriles is 1. The molecule has 0 aliphatic carbocycles. The first-order chi connectivity index (χ1) is 14.1. The van der Waals surface area contributed by atoms with Crippen molar-refractivity contribution in [1.82, 2.24) is 15.1 Å². The molecule has 0 unspecified atom stereocenters. The normalized spacial score (nSPS) is 11.0. The number of carbonyl (C=O) groups is 1. The summed E-state index contributed by atoms with van der Waals surface area (Å²) in [6.45, 7) is 0.372. The van der Waals surface area contributed by atoms with Crippen LogP contribution < -0.4 is 10.1 Å². The van der Waals surface area contributed by atoms with Crippen molar-refractivity contribution in [2.45, 2.75) is 6.42 Å².